The first-order chi connectivity index (χ1) is 9.96. The predicted molar refractivity (Wildman–Crippen MR) is 79.7 cm³/mol. The summed E-state index contributed by atoms with van der Waals surface area (Å²) in [6.07, 6.45) is 5.23. The van der Waals surface area contributed by atoms with Gasteiger partial charge in [-0.05, 0) is 24.8 Å². The molecule has 21 heavy (non-hydrogen) atoms. The average molecular weight is 312 g/mol. The summed E-state index contributed by atoms with van der Waals surface area (Å²) in [5.74, 6) is -0.575. The summed E-state index contributed by atoms with van der Waals surface area (Å²) >= 11 is 0. The molecule has 1 aromatic carbocycles. The van der Waals surface area contributed by atoms with Crippen LogP contribution in [0.5, 0.6) is 5.75 Å². The van der Waals surface area contributed by atoms with Crippen molar-refractivity contribution in [2.75, 3.05) is 6.16 Å². The van der Waals surface area contributed by atoms with Crippen LogP contribution in [-0.4, -0.2) is 22.1 Å². The Bertz CT molecular complexity index is 537. The molecule has 5 nitrogen and oxygen atoms in total. The lowest BCUT2D eigenvalue weighted by atomic mass is 9.91. The van der Waals surface area contributed by atoms with E-state index >= 15 is 0 Å². The number of rotatable bonds is 6. The van der Waals surface area contributed by atoms with Crippen molar-refractivity contribution in [3.05, 3.63) is 29.8 Å². The largest absolute Gasteiger partial charge is 0.481 e. The number of aliphatic carboxylic acids is 1. The quantitative estimate of drug-likeness (QED) is 0.786. The molecule has 2 rings (SSSR count). The molecule has 1 fully saturated rings. The first-order valence-electron chi connectivity index (χ1n) is 7.27. The molecule has 0 heterocycles. The molecule has 1 saturated carbocycles. The van der Waals surface area contributed by atoms with Gasteiger partial charge in [-0.1, -0.05) is 37.5 Å². The Labute approximate surface area is 124 Å². The van der Waals surface area contributed by atoms with Gasteiger partial charge in [0.15, 0.2) is 0 Å². The van der Waals surface area contributed by atoms with E-state index in [0.717, 1.165) is 25.7 Å². The minimum Gasteiger partial charge on any atom is -0.481 e. The molecule has 0 aromatic heterocycles. The Morgan fingerprint density at radius 2 is 1.90 bits per heavy atom. The SMILES string of the molecule is O=C(O)Cc1ccccc1OP(=O)(O)CC1CCCCC1. The standard InChI is InChI=1S/C15H21O5P/c16-15(17)10-13-8-4-5-9-14(13)20-21(18,19)11-12-6-2-1-3-7-12/h4-5,8-9,12H,1-3,6-7,10-11H2,(H,16,17)(H,18,19). The first kappa shape index (κ1) is 16.1. The fourth-order valence-corrected chi connectivity index (χ4v) is 4.37. The van der Waals surface area contributed by atoms with Crippen LogP contribution in [0.25, 0.3) is 0 Å². The monoisotopic (exact) mass is 312 g/mol. The Morgan fingerprint density at radius 3 is 2.57 bits per heavy atom. The molecule has 1 aliphatic rings. The molecule has 2 N–H and O–H groups in total. The van der Waals surface area contributed by atoms with Gasteiger partial charge in [-0.25, -0.2) is 4.57 Å². The Kier molecular flexibility index (Phi) is 5.43. The zero-order valence-corrected chi connectivity index (χ0v) is 12.8. The molecule has 0 radical (unpaired) electrons. The Morgan fingerprint density at radius 1 is 1.24 bits per heavy atom. The van der Waals surface area contributed by atoms with Crippen LogP contribution in [0.2, 0.25) is 0 Å². The minimum absolute atomic E-state index is 0.147. The summed E-state index contributed by atoms with van der Waals surface area (Å²) in [5, 5.41) is 8.86. The third-order valence-corrected chi connectivity index (χ3v) is 5.23. The molecule has 0 amide bonds. The number of benzene rings is 1. The summed E-state index contributed by atoms with van der Waals surface area (Å²) in [7, 11) is -3.75. The van der Waals surface area contributed by atoms with E-state index in [4.69, 9.17) is 9.63 Å². The molecule has 1 atom stereocenters. The van der Waals surface area contributed by atoms with Crippen LogP contribution in [-0.2, 0) is 15.8 Å². The highest BCUT2D eigenvalue weighted by Gasteiger charge is 2.28. The van der Waals surface area contributed by atoms with Gasteiger partial charge in [0.05, 0.1) is 12.6 Å². The van der Waals surface area contributed by atoms with Gasteiger partial charge in [-0.3, -0.25) is 4.79 Å². The fraction of sp³-hybridized carbons (Fsp3) is 0.533. The van der Waals surface area contributed by atoms with Gasteiger partial charge >= 0.3 is 13.6 Å². The summed E-state index contributed by atoms with van der Waals surface area (Å²) in [5.41, 5.74) is 0.419. The van der Waals surface area contributed by atoms with Crippen LogP contribution < -0.4 is 4.52 Å². The molecule has 0 aliphatic heterocycles. The zero-order chi connectivity index (χ0) is 15.3. The smallest absolute Gasteiger partial charge is 0.376 e. The lowest BCUT2D eigenvalue weighted by Gasteiger charge is -2.24. The van der Waals surface area contributed by atoms with Crippen LogP contribution in [0.15, 0.2) is 24.3 Å². The van der Waals surface area contributed by atoms with Crippen LogP contribution in [0.4, 0.5) is 0 Å². The van der Waals surface area contributed by atoms with E-state index in [2.05, 4.69) is 0 Å². The lowest BCUT2D eigenvalue weighted by molar-refractivity contribution is -0.136. The van der Waals surface area contributed by atoms with Crippen LogP contribution in [0, 0.1) is 5.92 Å². The van der Waals surface area contributed by atoms with Crippen molar-refractivity contribution in [1.29, 1.82) is 0 Å². The van der Waals surface area contributed by atoms with E-state index in [1.54, 1.807) is 24.3 Å². The highest BCUT2D eigenvalue weighted by atomic mass is 31.2. The van der Waals surface area contributed by atoms with Gasteiger partial charge in [-0.2, -0.15) is 0 Å². The second kappa shape index (κ2) is 7.10. The molecular formula is C15H21O5P. The van der Waals surface area contributed by atoms with E-state index in [0.29, 0.717) is 5.56 Å². The molecule has 0 saturated heterocycles. The van der Waals surface area contributed by atoms with Gasteiger partial charge in [0.2, 0.25) is 0 Å². The first-order valence-corrected chi connectivity index (χ1v) is 9.04. The minimum atomic E-state index is -3.75. The zero-order valence-electron chi connectivity index (χ0n) is 11.9. The number of carboxylic acids is 1. The van der Waals surface area contributed by atoms with Gasteiger partial charge in [0.25, 0.3) is 0 Å². The summed E-state index contributed by atoms with van der Waals surface area (Å²) in [4.78, 5) is 20.9. The molecule has 0 bridgehead atoms. The van der Waals surface area contributed by atoms with Crippen LogP contribution in [0.1, 0.15) is 37.7 Å². The third-order valence-electron chi connectivity index (χ3n) is 3.77. The summed E-state index contributed by atoms with van der Waals surface area (Å²) in [6.45, 7) is 0. The topological polar surface area (TPSA) is 83.8 Å². The van der Waals surface area contributed by atoms with Gasteiger partial charge in [-0.15, -0.1) is 0 Å². The second-order valence-corrected chi connectivity index (χ2v) is 7.42. The summed E-state index contributed by atoms with van der Waals surface area (Å²) in [6, 6.07) is 6.50. The van der Waals surface area contributed by atoms with E-state index < -0.39 is 13.6 Å². The van der Waals surface area contributed by atoms with E-state index in [1.807, 2.05) is 0 Å². The van der Waals surface area contributed by atoms with Crippen molar-refractivity contribution < 1.29 is 23.9 Å². The van der Waals surface area contributed by atoms with Crippen LogP contribution >= 0.6 is 7.60 Å². The van der Waals surface area contributed by atoms with Crippen molar-refractivity contribution in [3.8, 4) is 5.75 Å². The maximum Gasteiger partial charge on any atom is 0.376 e. The number of hydrogen-bond acceptors (Lipinski definition) is 3. The Hall–Kier alpha value is -1.32. The number of carbonyl (C=O) groups is 1. The van der Waals surface area contributed by atoms with Crippen LogP contribution in [0.3, 0.4) is 0 Å². The van der Waals surface area contributed by atoms with Crippen molar-refractivity contribution in [3.63, 3.8) is 0 Å². The third kappa shape index (κ3) is 5.18. The van der Waals surface area contributed by atoms with Gasteiger partial charge < -0.3 is 14.5 Å². The molecular weight excluding hydrogens is 291 g/mol. The maximum atomic E-state index is 12.3. The molecule has 116 valence electrons. The maximum absolute atomic E-state index is 12.3. The molecule has 1 unspecified atom stereocenters. The molecule has 6 heteroatoms. The van der Waals surface area contributed by atoms with E-state index in [-0.39, 0.29) is 24.3 Å². The normalized spacial score (nSPS) is 18.9. The van der Waals surface area contributed by atoms with Gasteiger partial charge in [0, 0.05) is 5.56 Å². The van der Waals surface area contributed by atoms with E-state index in [9.17, 15) is 14.3 Å². The number of hydrogen-bond donors (Lipinski definition) is 2. The number of para-hydroxylation sites is 1. The van der Waals surface area contributed by atoms with Crippen molar-refractivity contribution >= 4 is 13.6 Å². The predicted octanol–water partition coefficient (Wildman–Crippen LogP) is 3.46. The van der Waals surface area contributed by atoms with Crippen molar-refractivity contribution in [1.82, 2.24) is 0 Å². The average Bonchev–Trinajstić information content (AvgIpc) is 2.41. The molecule has 1 aliphatic carbocycles. The summed E-state index contributed by atoms with van der Waals surface area (Å²) < 4.78 is 17.6. The highest BCUT2D eigenvalue weighted by molar-refractivity contribution is 7.53. The molecule has 0 spiro atoms. The van der Waals surface area contributed by atoms with Crippen molar-refractivity contribution in [2.24, 2.45) is 5.92 Å². The fourth-order valence-electron chi connectivity index (χ4n) is 2.79. The van der Waals surface area contributed by atoms with E-state index in [1.165, 1.54) is 6.42 Å². The van der Waals surface area contributed by atoms with Crippen molar-refractivity contribution in [2.45, 2.75) is 38.5 Å². The highest BCUT2D eigenvalue weighted by Crippen LogP contribution is 2.47. The lowest BCUT2D eigenvalue weighted by Crippen LogP contribution is -2.13. The second-order valence-electron chi connectivity index (χ2n) is 5.59. The molecule has 1 aromatic rings. The van der Waals surface area contributed by atoms with Gasteiger partial charge in [0.1, 0.15) is 5.75 Å². The number of carboxylic acid groups (broad SMARTS) is 1. The Balaban J connectivity index is 2.05.